The van der Waals surface area contributed by atoms with Gasteiger partial charge in [0.05, 0.1) is 21.9 Å². The van der Waals surface area contributed by atoms with Crippen LogP contribution in [0.1, 0.15) is 28.7 Å². The molecular formula is C32H28N12+4. The third kappa shape index (κ3) is 3.41. The fraction of sp³-hybridized carbons (Fsp3) is 0.156. The summed E-state index contributed by atoms with van der Waals surface area (Å²) in [7, 11) is 8.06. The number of amidine groups is 3. The first-order chi connectivity index (χ1) is 21.4. The number of aromatic nitrogens is 6. The van der Waals surface area contributed by atoms with E-state index in [1.165, 1.54) is 0 Å². The summed E-state index contributed by atoms with van der Waals surface area (Å²) >= 11 is 0. The molecule has 3 N–H and O–H groups in total. The Bertz CT molecular complexity index is 2480. The summed E-state index contributed by atoms with van der Waals surface area (Å²) in [4.78, 5) is 32.7. The van der Waals surface area contributed by atoms with Gasteiger partial charge in [-0.1, -0.05) is 0 Å². The Morgan fingerprint density at radius 1 is 0.591 bits per heavy atom. The summed E-state index contributed by atoms with van der Waals surface area (Å²) in [6.45, 7) is 0. The monoisotopic (exact) mass is 580 g/mol. The van der Waals surface area contributed by atoms with Gasteiger partial charge in [0.2, 0.25) is 29.0 Å². The molecule has 3 aliphatic rings. The second-order valence-electron chi connectivity index (χ2n) is 11.3. The molecule has 6 aromatic heterocycles. The molecule has 0 aromatic carbocycles. The summed E-state index contributed by atoms with van der Waals surface area (Å²) in [5.74, 6) is 3.25. The summed E-state index contributed by atoms with van der Waals surface area (Å²) in [6.07, 6.45) is 7.68. The average molecular weight is 581 g/mol. The van der Waals surface area contributed by atoms with Crippen LogP contribution in [0.4, 0.5) is 11.6 Å². The summed E-state index contributed by atoms with van der Waals surface area (Å²) < 4.78 is 8.25. The lowest BCUT2D eigenvalue weighted by molar-refractivity contribution is -0.680. The Labute approximate surface area is 250 Å². The van der Waals surface area contributed by atoms with Gasteiger partial charge in [-0.05, 0) is 24.3 Å². The molecule has 44 heavy (non-hydrogen) atoms. The van der Waals surface area contributed by atoms with Crippen LogP contribution in [0.5, 0.6) is 0 Å². The fourth-order valence-corrected chi connectivity index (χ4v) is 6.55. The van der Waals surface area contributed by atoms with Gasteiger partial charge in [-0.2, -0.15) is 13.7 Å². The highest BCUT2D eigenvalue weighted by molar-refractivity contribution is 6.22. The van der Waals surface area contributed by atoms with E-state index in [4.69, 9.17) is 25.0 Å². The minimum Gasteiger partial charge on any atom is -0.339 e. The molecule has 0 amide bonds. The van der Waals surface area contributed by atoms with Crippen LogP contribution in [0, 0.1) is 0 Å². The molecule has 0 spiro atoms. The van der Waals surface area contributed by atoms with Crippen LogP contribution in [-0.2, 0) is 28.2 Å². The predicted octanol–water partition coefficient (Wildman–Crippen LogP) is 0.419. The van der Waals surface area contributed by atoms with E-state index in [9.17, 15) is 0 Å². The minimum absolute atomic E-state index is 0.384. The smallest absolute Gasteiger partial charge is 0.261 e. The predicted molar refractivity (Wildman–Crippen MR) is 161 cm³/mol. The van der Waals surface area contributed by atoms with Gasteiger partial charge in [0.25, 0.3) is 16.7 Å². The molecule has 0 saturated heterocycles. The van der Waals surface area contributed by atoms with Gasteiger partial charge in [-0.3, -0.25) is 0 Å². The Morgan fingerprint density at radius 3 is 2.14 bits per heavy atom. The summed E-state index contributed by atoms with van der Waals surface area (Å²) in [6, 6.07) is 16.3. The number of fused-ring (bicyclic) bond motifs is 19. The quantitative estimate of drug-likeness (QED) is 0.222. The first-order valence-corrected chi connectivity index (χ1v) is 14.4. The van der Waals surface area contributed by atoms with E-state index in [2.05, 4.69) is 47.2 Å². The molecule has 12 nitrogen and oxygen atoms in total. The molecule has 6 aromatic rings. The molecule has 3 aliphatic heterocycles. The Morgan fingerprint density at radius 2 is 1.30 bits per heavy atom. The molecule has 1 atom stereocenters. The van der Waals surface area contributed by atoms with Crippen LogP contribution in [0.15, 0.2) is 98.3 Å². The molecular weight excluding hydrogens is 552 g/mol. The van der Waals surface area contributed by atoms with Crippen molar-refractivity contribution >= 4 is 50.9 Å². The standard InChI is InChI=1S/C32H27N12/c1-41-13-5-9-17-21(41)29-33-25(17)38-30-23-19(11-7-15-43(23)3)27(35-30)40-32-24-20(12-8-16-44(24)4)28(36-32)39-31-22-18(26(34-31)37-29)10-6-14-42(22)2/h5-16,29H,1-4H3,(H2,33,34,35,36,37,38,39,40)/q+3/p+1. The van der Waals surface area contributed by atoms with Crippen LogP contribution >= 0.6 is 0 Å². The zero-order chi connectivity index (χ0) is 29.7. The number of hydrogen-bond donors (Lipinski definition) is 3. The number of nitrogens with zero attached hydrogens (tertiary/aromatic N) is 9. The van der Waals surface area contributed by atoms with Crippen molar-refractivity contribution in [1.29, 1.82) is 0 Å². The highest BCUT2D eigenvalue weighted by atomic mass is 15.2. The molecule has 9 heterocycles. The average Bonchev–Trinajstić information content (AvgIpc) is 3.74. The van der Waals surface area contributed by atoms with Crippen molar-refractivity contribution < 1.29 is 18.3 Å². The van der Waals surface area contributed by atoms with Crippen LogP contribution in [-0.4, -0.2) is 27.5 Å². The SMILES string of the molecule is C[n+]1cccc2c1/C1=N/c3[nH]c(c4c3ccc[n+]4C)/N=C3\NC(/N=c4\[nH]c(c5c4ccc[n+]5C)=NC2=N1)c1c3ccc[n+]1C. The van der Waals surface area contributed by atoms with E-state index in [1.807, 2.05) is 87.9 Å². The van der Waals surface area contributed by atoms with Crippen molar-refractivity contribution in [3.63, 3.8) is 0 Å². The molecule has 0 fully saturated rings. The van der Waals surface area contributed by atoms with Crippen LogP contribution in [0.25, 0.3) is 21.8 Å². The highest BCUT2D eigenvalue weighted by Gasteiger charge is 2.36. The lowest BCUT2D eigenvalue weighted by Crippen LogP contribution is -2.35. The van der Waals surface area contributed by atoms with Crippen molar-refractivity contribution in [2.24, 2.45) is 53.2 Å². The Hall–Kier alpha value is -5.91. The maximum absolute atomic E-state index is 5.24. The Kier molecular flexibility index (Phi) is 4.93. The summed E-state index contributed by atoms with van der Waals surface area (Å²) in [5.41, 5.74) is 7.06. The molecule has 9 rings (SSSR count). The van der Waals surface area contributed by atoms with Crippen LogP contribution in [0.3, 0.4) is 0 Å². The van der Waals surface area contributed by atoms with E-state index in [0.29, 0.717) is 28.8 Å². The van der Waals surface area contributed by atoms with Gasteiger partial charge in [0.1, 0.15) is 45.3 Å². The number of H-pyrrole nitrogens is 2. The van der Waals surface area contributed by atoms with Gasteiger partial charge in [-0.25, -0.2) is 29.5 Å². The number of aromatic amines is 2. The van der Waals surface area contributed by atoms with Gasteiger partial charge in [0, 0.05) is 24.3 Å². The van der Waals surface area contributed by atoms with Gasteiger partial charge >= 0.3 is 0 Å². The number of nitrogens with one attached hydrogen (secondary N) is 3. The minimum atomic E-state index is -0.384. The normalized spacial score (nSPS) is 19.6. The molecule has 0 aliphatic carbocycles. The van der Waals surface area contributed by atoms with Crippen molar-refractivity contribution in [1.82, 2.24) is 15.3 Å². The molecule has 212 valence electrons. The second-order valence-corrected chi connectivity index (χ2v) is 11.3. The topological polar surface area (TPSA) is 121 Å². The number of aryl methyl sites for hydroxylation is 4. The van der Waals surface area contributed by atoms with Crippen molar-refractivity contribution in [3.05, 3.63) is 107 Å². The first-order valence-electron chi connectivity index (χ1n) is 14.4. The van der Waals surface area contributed by atoms with Gasteiger partial charge in [-0.15, -0.1) is 0 Å². The van der Waals surface area contributed by atoms with E-state index >= 15 is 0 Å². The van der Waals surface area contributed by atoms with Gasteiger partial charge < -0.3 is 15.3 Å². The molecule has 12 heteroatoms. The maximum Gasteiger partial charge on any atom is 0.261 e. The fourth-order valence-electron chi connectivity index (χ4n) is 6.55. The van der Waals surface area contributed by atoms with E-state index in [1.54, 1.807) is 0 Å². The zero-order valence-electron chi connectivity index (χ0n) is 24.5. The lowest BCUT2D eigenvalue weighted by Gasteiger charge is -2.03. The van der Waals surface area contributed by atoms with Gasteiger partial charge in [0.15, 0.2) is 30.6 Å². The largest absolute Gasteiger partial charge is 0.339 e. The number of rotatable bonds is 0. The van der Waals surface area contributed by atoms with E-state index in [0.717, 1.165) is 55.6 Å². The Balaban J connectivity index is 1.44. The number of pyridine rings is 4. The van der Waals surface area contributed by atoms with Crippen LogP contribution in [0.2, 0.25) is 0 Å². The van der Waals surface area contributed by atoms with Crippen molar-refractivity contribution in [2.45, 2.75) is 6.17 Å². The number of aliphatic imine (C=N–C) groups is 3. The molecule has 0 saturated carbocycles. The van der Waals surface area contributed by atoms with Crippen LogP contribution < -0.4 is 34.6 Å². The molecule has 0 radical (unpaired) electrons. The van der Waals surface area contributed by atoms with Crippen molar-refractivity contribution in [3.8, 4) is 0 Å². The molecule has 1 unspecified atom stereocenters. The molecule has 8 bridgehead atoms. The third-order valence-electron chi connectivity index (χ3n) is 8.57. The first kappa shape index (κ1) is 24.7. The van der Waals surface area contributed by atoms with E-state index < -0.39 is 0 Å². The highest BCUT2D eigenvalue weighted by Crippen LogP contribution is 2.34. The zero-order valence-corrected chi connectivity index (χ0v) is 24.5. The van der Waals surface area contributed by atoms with Crippen molar-refractivity contribution in [2.75, 3.05) is 0 Å². The maximum atomic E-state index is 5.24. The van der Waals surface area contributed by atoms with E-state index in [-0.39, 0.29) is 6.17 Å². The summed E-state index contributed by atoms with van der Waals surface area (Å²) in [5, 5.41) is 5.51. The second kappa shape index (κ2) is 8.80. The third-order valence-corrected chi connectivity index (χ3v) is 8.57. The number of hydrogen-bond acceptors (Lipinski definition) is 6. The lowest BCUT2D eigenvalue weighted by atomic mass is 10.2.